The number of nitrogens with two attached hydrogens (primary N) is 1. The van der Waals surface area contributed by atoms with E-state index in [1.54, 1.807) is 0 Å². The number of aromatic nitrogens is 1. The second-order valence-corrected chi connectivity index (χ2v) is 5.15. The molecule has 1 heterocycles. The third kappa shape index (κ3) is 4.00. The van der Waals surface area contributed by atoms with Gasteiger partial charge in [0.15, 0.2) is 0 Å². The molecule has 0 aliphatic heterocycles. The van der Waals surface area contributed by atoms with Crippen LogP contribution in [0.15, 0.2) is 28.9 Å². The number of nitrogens with zero attached hydrogens (tertiary/aromatic N) is 1. The number of hydrogen-bond donors (Lipinski definition) is 1. The molecule has 0 aliphatic carbocycles. The Labute approximate surface area is 118 Å². The fourth-order valence-electron chi connectivity index (χ4n) is 1.17. The fourth-order valence-corrected chi connectivity index (χ4v) is 2.16. The maximum Gasteiger partial charge on any atom is 0.573 e. The quantitative estimate of drug-likeness (QED) is 0.898. The Morgan fingerprint density at radius 3 is 2.58 bits per heavy atom. The third-order valence-electron chi connectivity index (χ3n) is 1.84. The summed E-state index contributed by atoms with van der Waals surface area (Å²) in [6, 6.07) is 3.83. The number of hydrogen-bond acceptors (Lipinski definition) is 5. The molecule has 102 valence electrons. The summed E-state index contributed by atoms with van der Waals surface area (Å²) in [6.45, 7) is 0. The summed E-state index contributed by atoms with van der Waals surface area (Å²) in [7, 11) is 0. The Morgan fingerprint density at radius 1 is 1.32 bits per heavy atom. The molecule has 2 aromatic rings. The molecule has 0 atom stereocenters. The van der Waals surface area contributed by atoms with Gasteiger partial charge in [0.05, 0.1) is 10.7 Å². The zero-order valence-corrected chi connectivity index (χ0v) is 11.5. The van der Waals surface area contributed by atoms with Crippen molar-refractivity contribution in [3.8, 4) is 16.7 Å². The SMILES string of the molecule is Nc1cnc(Oc2ccc(OC(F)(F)F)c(Br)c2)s1. The molecule has 0 saturated carbocycles. The highest BCUT2D eigenvalue weighted by atomic mass is 79.9. The maximum atomic E-state index is 12.1. The van der Waals surface area contributed by atoms with Gasteiger partial charge in [-0.1, -0.05) is 11.3 Å². The van der Waals surface area contributed by atoms with Crippen molar-refractivity contribution in [1.82, 2.24) is 4.98 Å². The number of benzene rings is 1. The van der Waals surface area contributed by atoms with E-state index < -0.39 is 6.36 Å². The van der Waals surface area contributed by atoms with E-state index >= 15 is 0 Å². The lowest BCUT2D eigenvalue weighted by Gasteiger charge is -2.11. The minimum Gasteiger partial charge on any atom is -0.431 e. The molecule has 0 amide bonds. The molecule has 1 aromatic heterocycles. The molecule has 0 bridgehead atoms. The third-order valence-corrected chi connectivity index (χ3v) is 3.16. The first-order valence-corrected chi connectivity index (χ1v) is 6.39. The van der Waals surface area contributed by atoms with Gasteiger partial charge < -0.3 is 15.2 Å². The molecule has 0 fully saturated rings. The van der Waals surface area contributed by atoms with Gasteiger partial charge in [-0.25, -0.2) is 4.98 Å². The van der Waals surface area contributed by atoms with Crippen molar-refractivity contribution < 1.29 is 22.6 Å². The minimum absolute atomic E-state index is 0.117. The first-order chi connectivity index (χ1) is 8.83. The molecule has 2 rings (SSSR count). The van der Waals surface area contributed by atoms with E-state index in [2.05, 4.69) is 25.7 Å². The van der Waals surface area contributed by atoms with Gasteiger partial charge in [0, 0.05) is 0 Å². The van der Waals surface area contributed by atoms with Crippen molar-refractivity contribution in [3.63, 3.8) is 0 Å². The van der Waals surface area contributed by atoms with Gasteiger partial charge in [0.2, 0.25) is 0 Å². The number of anilines is 1. The summed E-state index contributed by atoms with van der Waals surface area (Å²) in [5.41, 5.74) is 5.48. The Balaban J connectivity index is 2.14. The maximum absolute atomic E-state index is 12.1. The van der Waals surface area contributed by atoms with Crippen LogP contribution in [0.5, 0.6) is 16.7 Å². The average Bonchev–Trinajstić information content (AvgIpc) is 2.66. The monoisotopic (exact) mass is 354 g/mol. The van der Waals surface area contributed by atoms with Crippen LogP contribution in [0.25, 0.3) is 0 Å². The number of thiazole rings is 1. The van der Waals surface area contributed by atoms with E-state index in [0.717, 1.165) is 17.4 Å². The van der Waals surface area contributed by atoms with Crippen LogP contribution >= 0.6 is 27.3 Å². The van der Waals surface area contributed by atoms with E-state index in [4.69, 9.17) is 10.5 Å². The Kier molecular flexibility index (Phi) is 3.85. The minimum atomic E-state index is -4.74. The highest BCUT2D eigenvalue weighted by molar-refractivity contribution is 9.10. The van der Waals surface area contributed by atoms with Crippen LogP contribution in [0.3, 0.4) is 0 Å². The van der Waals surface area contributed by atoms with Crippen molar-refractivity contribution in [1.29, 1.82) is 0 Å². The lowest BCUT2D eigenvalue weighted by atomic mass is 10.3. The predicted octanol–water partition coefficient (Wildman–Crippen LogP) is 4.18. The van der Waals surface area contributed by atoms with E-state index in [1.165, 1.54) is 18.3 Å². The first kappa shape index (κ1) is 13.9. The van der Waals surface area contributed by atoms with Gasteiger partial charge in [-0.2, -0.15) is 0 Å². The van der Waals surface area contributed by atoms with Crippen molar-refractivity contribution in [2.45, 2.75) is 6.36 Å². The van der Waals surface area contributed by atoms with Crippen molar-refractivity contribution in [2.24, 2.45) is 0 Å². The smallest absolute Gasteiger partial charge is 0.431 e. The Morgan fingerprint density at radius 2 is 2.05 bits per heavy atom. The van der Waals surface area contributed by atoms with Crippen LogP contribution in [0.4, 0.5) is 18.2 Å². The summed E-state index contributed by atoms with van der Waals surface area (Å²) < 4.78 is 45.5. The van der Waals surface area contributed by atoms with E-state index in [-0.39, 0.29) is 10.2 Å². The number of halogens is 4. The largest absolute Gasteiger partial charge is 0.573 e. The van der Waals surface area contributed by atoms with Crippen LogP contribution in [0.2, 0.25) is 0 Å². The van der Waals surface area contributed by atoms with E-state index in [9.17, 15) is 13.2 Å². The van der Waals surface area contributed by atoms with Gasteiger partial charge in [0.1, 0.15) is 16.5 Å². The van der Waals surface area contributed by atoms with E-state index in [1.807, 2.05) is 0 Å². The van der Waals surface area contributed by atoms with Crippen molar-refractivity contribution in [3.05, 3.63) is 28.9 Å². The van der Waals surface area contributed by atoms with Crippen molar-refractivity contribution >= 4 is 32.3 Å². The molecular formula is C10H6BrF3N2O2S. The molecule has 0 saturated heterocycles. The van der Waals surface area contributed by atoms with Gasteiger partial charge in [-0.05, 0) is 34.1 Å². The number of rotatable bonds is 3. The number of ether oxygens (including phenoxy) is 2. The second kappa shape index (κ2) is 5.25. The average molecular weight is 355 g/mol. The van der Waals surface area contributed by atoms with Gasteiger partial charge in [0.25, 0.3) is 5.19 Å². The van der Waals surface area contributed by atoms with Crippen LogP contribution < -0.4 is 15.2 Å². The zero-order chi connectivity index (χ0) is 14.0. The lowest BCUT2D eigenvalue weighted by Crippen LogP contribution is -2.17. The topological polar surface area (TPSA) is 57.4 Å². The standard InChI is InChI=1S/C10H6BrF3N2O2S/c11-6-3-5(17-9-16-4-8(15)19-9)1-2-7(6)18-10(12,13)14/h1-4H,15H2. The zero-order valence-electron chi connectivity index (χ0n) is 9.07. The molecule has 0 spiro atoms. The summed E-state index contributed by atoms with van der Waals surface area (Å²) in [4.78, 5) is 3.87. The molecule has 0 aliphatic rings. The Hall–Kier alpha value is -1.48. The molecule has 0 unspecified atom stereocenters. The second-order valence-electron chi connectivity index (χ2n) is 3.27. The van der Waals surface area contributed by atoms with Crippen molar-refractivity contribution in [2.75, 3.05) is 5.73 Å². The highest BCUT2D eigenvalue weighted by Gasteiger charge is 2.32. The summed E-state index contributed by atoms with van der Waals surface area (Å²) in [5.74, 6) is -0.0331. The molecule has 19 heavy (non-hydrogen) atoms. The van der Waals surface area contributed by atoms with E-state index in [0.29, 0.717) is 15.9 Å². The summed E-state index contributed by atoms with van der Waals surface area (Å²) in [5, 5.41) is 0.778. The molecule has 2 N–H and O–H groups in total. The van der Waals surface area contributed by atoms with Crippen LogP contribution in [0.1, 0.15) is 0 Å². The first-order valence-electron chi connectivity index (χ1n) is 4.78. The normalized spacial score (nSPS) is 11.4. The molecule has 0 radical (unpaired) electrons. The molecule has 9 heteroatoms. The molecular weight excluding hydrogens is 349 g/mol. The molecule has 4 nitrogen and oxygen atoms in total. The number of nitrogen functional groups attached to an aromatic ring is 1. The Bertz CT molecular complexity index is 588. The predicted molar refractivity (Wildman–Crippen MR) is 67.4 cm³/mol. The van der Waals surface area contributed by atoms with Gasteiger partial charge in [-0.15, -0.1) is 13.2 Å². The summed E-state index contributed by atoms with van der Waals surface area (Å²) >= 11 is 4.09. The van der Waals surface area contributed by atoms with Crippen LogP contribution in [-0.4, -0.2) is 11.3 Å². The van der Waals surface area contributed by atoms with Crippen LogP contribution in [0, 0.1) is 0 Å². The van der Waals surface area contributed by atoms with Gasteiger partial charge >= 0.3 is 6.36 Å². The van der Waals surface area contributed by atoms with Gasteiger partial charge in [-0.3, -0.25) is 0 Å². The lowest BCUT2D eigenvalue weighted by molar-refractivity contribution is -0.274. The summed E-state index contributed by atoms with van der Waals surface area (Å²) in [6.07, 6.45) is -3.31. The van der Waals surface area contributed by atoms with Crippen LogP contribution in [-0.2, 0) is 0 Å². The highest BCUT2D eigenvalue weighted by Crippen LogP contribution is 2.35. The fraction of sp³-hybridized carbons (Fsp3) is 0.100. The number of alkyl halides is 3. The molecule has 1 aromatic carbocycles.